The third-order valence-electron chi connectivity index (χ3n) is 3.79. The molecule has 8 heteroatoms. The van der Waals surface area contributed by atoms with Crippen molar-refractivity contribution in [3.8, 4) is 0 Å². The van der Waals surface area contributed by atoms with E-state index in [2.05, 4.69) is 5.32 Å². The predicted molar refractivity (Wildman–Crippen MR) is 85.5 cm³/mol. The number of rotatable bonds is 6. The Balaban J connectivity index is 1.74. The van der Waals surface area contributed by atoms with E-state index in [9.17, 15) is 22.4 Å². The van der Waals surface area contributed by atoms with Gasteiger partial charge in [0.15, 0.2) is 15.9 Å². The van der Waals surface area contributed by atoms with Gasteiger partial charge in [-0.15, -0.1) is 0 Å². The Hall–Kier alpha value is -1.96. The monoisotopic (exact) mass is 357 g/mol. The van der Waals surface area contributed by atoms with E-state index in [0.29, 0.717) is 12.8 Å². The Morgan fingerprint density at radius 1 is 1.33 bits per heavy atom. The minimum absolute atomic E-state index is 0.0593. The SMILES string of the molecule is C[C@@H](OC(=O)CCc1ccc(F)cc1)C(=O)N[C@@H]1CCS(=O)(=O)C1. The molecule has 0 aliphatic carbocycles. The molecule has 1 N–H and O–H groups in total. The van der Waals surface area contributed by atoms with E-state index in [-0.39, 0.29) is 23.7 Å². The van der Waals surface area contributed by atoms with Gasteiger partial charge in [0.05, 0.1) is 11.5 Å². The molecule has 1 aliphatic rings. The number of carbonyl (C=O) groups is 2. The second-order valence-electron chi connectivity index (χ2n) is 5.87. The number of carbonyl (C=O) groups excluding carboxylic acids is 2. The molecular weight excluding hydrogens is 337 g/mol. The van der Waals surface area contributed by atoms with Crippen molar-refractivity contribution in [2.45, 2.75) is 38.3 Å². The van der Waals surface area contributed by atoms with E-state index in [1.165, 1.54) is 19.1 Å². The van der Waals surface area contributed by atoms with Crippen molar-refractivity contribution in [3.05, 3.63) is 35.6 Å². The van der Waals surface area contributed by atoms with Crippen LogP contribution in [-0.4, -0.2) is 43.9 Å². The molecule has 1 aliphatic heterocycles. The summed E-state index contributed by atoms with van der Waals surface area (Å²) < 4.78 is 40.5. The Bertz CT molecular complexity index is 702. The highest BCUT2D eigenvalue weighted by Gasteiger charge is 2.30. The first kappa shape index (κ1) is 18.4. The lowest BCUT2D eigenvalue weighted by Gasteiger charge is -2.16. The van der Waals surface area contributed by atoms with E-state index in [0.717, 1.165) is 5.56 Å². The van der Waals surface area contributed by atoms with Crippen molar-refractivity contribution < 1.29 is 27.1 Å². The summed E-state index contributed by atoms with van der Waals surface area (Å²) in [6, 6.07) is 5.36. The minimum Gasteiger partial charge on any atom is -0.453 e. The van der Waals surface area contributed by atoms with Crippen LogP contribution in [-0.2, 0) is 30.6 Å². The Labute approximate surface area is 140 Å². The minimum atomic E-state index is -3.08. The second-order valence-corrected chi connectivity index (χ2v) is 8.10. The first-order chi connectivity index (χ1) is 11.2. The zero-order valence-corrected chi connectivity index (χ0v) is 14.1. The van der Waals surface area contributed by atoms with E-state index < -0.39 is 33.9 Å². The van der Waals surface area contributed by atoms with Gasteiger partial charge in [0, 0.05) is 12.5 Å². The number of aryl methyl sites for hydroxylation is 1. The highest BCUT2D eigenvalue weighted by molar-refractivity contribution is 7.91. The standard InChI is InChI=1S/C16H20FNO5S/c1-11(16(20)18-14-8-9-24(21,22)10-14)23-15(19)7-4-12-2-5-13(17)6-3-12/h2-3,5-6,11,14H,4,7-10H2,1H3,(H,18,20)/t11-,14-/m1/s1. The molecule has 1 fully saturated rings. The molecule has 0 bridgehead atoms. The van der Waals surface area contributed by atoms with Crippen LogP contribution < -0.4 is 5.32 Å². The van der Waals surface area contributed by atoms with Gasteiger partial charge in [0.2, 0.25) is 0 Å². The van der Waals surface area contributed by atoms with Crippen LogP contribution in [0.2, 0.25) is 0 Å². The average Bonchev–Trinajstić information content (AvgIpc) is 2.85. The number of esters is 1. The molecule has 1 saturated heterocycles. The number of benzene rings is 1. The van der Waals surface area contributed by atoms with Crippen LogP contribution in [0.4, 0.5) is 4.39 Å². The van der Waals surface area contributed by atoms with Crippen molar-refractivity contribution >= 4 is 21.7 Å². The number of amides is 1. The van der Waals surface area contributed by atoms with Crippen LogP contribution in [0, 0.1) is 5.82 Å². The Morgan fingerprint density at radius 2 is 2.00 bits per heavy atom. The smallest absolute Gasteiger partial charge is 0.306 e. The summed E-state index contributed by atoms with van der Waals surface area (Å²) in [6.07, 6.45) is -0.164. The van der Waals surface area contributed by atoms with Crippen LogP contribution in [0.3, 0.4) is 0 Å². The van der Waals surface area contributed by atoms with Crippen LogP contribution in [0.25, 0.3) is 0 Å². The lowest BCUT2D eigenvalue weighted by Crippen LogP contribution is -2.42. The van der Waals surface area contributed by atoms with E-state index in [1.807, 2.05) is 0 Å². The normalized spacial score (nSPS) is 20.3. The van der Waals surface area contributed by atoms with Crippen LogP contribution >= 0.6 is 0 Å². The Morgan fingerprint density at radius 3 is 2.58 bits per heavy atom. The lowest BCUT2D eigenvalue weighted by molar-refractivity contribution is -0.155. The number of sulfone groups is 1. The predicted octanol–water partition coefficient (Wildman–Crippen LogP) is 0.993. The third kappa shape index (κ3) is 5.59. The van der Waals surface area contributed by atoms with Gasteiger partial charge in [-0.1, -0.05) is 12.1 Å². The summed E-state index contributed by atoms with van der Waals surface area (Å²) in [5.74, 6) is -1.41. The van der Waals surface area contributed by atoms with Gasteiger partial charge in [0.25, 0.3) is 5.91 Å². The molecule has 0 unspecified atom stereocenters. The molecule has 2 rings (SSSR count). The van der Waals surface area contributed by atoms with Gasteiger partial charge in [-0.3, -0.25) is 9.59 Å². The van der Waals surface area contributed by atoms with Crippen molar-refractivity contribution in [1.82, 2.24) is 5.32 Å². The van der Waals surface area contributed by atoms with Gasteiger partial charge in [-0.05, 0) is 37.5 Å². The molecule has 132 valence electrons. The van der Waals surface area contributed by atoms with Crippen LogP contribution in [0.1, 0.15) is 25.3 Å². The van der Waals surface area contributed by atoms with Gasteiger partial charge in [-0.2, -0.15) is 0 Å². The summed E-state index contributed by atoms with van der Waals surface area (Å²) in [6.45, 7) is 1.44. The van der Waals surface area contributed by atoms with E-state index >= 15 is 0 Å². The number of halogens is 1. The zero-order chi connectivity index (χ0) is 17.7. The number of hydrogen-bond acceptors (Lipinski definition) is 5. The molecule has 1 aromatic rings. The molecule has 0 aromatic heterocycles. The van der Waals surface area contributed by atoms with E-state index in [4.69, 9.17) is 4.74 Å². The zero-order valence-electron chi connectivity index (χ0n) is 13.3. The molecular formula is C16H20FNO5S. The van der Waals surface area contributed by atoms with Gasteiger partial charge in [0.1, 0.15) is 5.82 Å². The van der Waals surface area contributed by atoms with Crippen LogP contribution in [0.5, 0.6) is 0 Å². The van der Waals surface area contributed by atoms with Crippen molar-refractivity contribution in [2.24, 2.45) is 0 Å². The summed E-state index contributed by atoms with van der Waals surface area (Å²) in [5, 5.41) is 2.58. The maximum Gasteiger partial charge on any atom is 0.306 e. The molecule has 1 aromatic carbocycles. The maximum atomic E-state index is 12.8. The average molecular weight is 357 g/mol. The maximum absolute atomic E-state index is 12.8. The summed E-state index contributed by atoms with van der Waals surface area (Å²) in [5.41, 5.74) is 0.793. The fourth-order valence-electron chi connectivity index (χ4n) is 2.43. The molecule has 0 radical (unpaired) electrons. The summed E-state index contributed by atoms with van der Waals surface area (Å²) in [4.78, 5) is 23.7. The van der Waals surface area contributed by atoms with Gasteiger partial charge < -0.3 is 10.1 Å². The molecule has 6 nitrogen and oxygen atoms in total. The summed E-state index contributed by atoms with van der Waals surface area (Å²) >= 11 is 0. The molecule has 0 spiro atoms. The quantitative estimate of drug-likeness (QED) is 0.767. The molecule has 1 heterocycles. The molecule has 24 heavy (non-hydrogen) atoms. The van der Waals surface area contributed by atoms with E-state index in [1.54, 1.807) is 12.1 Å². The fraction of sp³-hybridized carbons (Fsp3) is 0.500. The highest BCUT2D eigenvalue weighted by Crippen LogP contribution is 2.12. The summed E-state index contributed by atoms with van der Waals surface area (Å²) in [7, 11) is -3.08. The first-order valence-corrected chi connectivity index (χ1v) is 9.52. The topological polar surface area (TPSA) is 89.5 Å². The highest BCUT2D eigenvalue weighted by atomic mass is 32.2. The molecule has 1 amide bonds. The number of ether oxygens (including phenoxy) is 1. The number of hydrogen-bond donors (Lipinski definition) is 1. The Kier molecular flexibility index (Phi) is 5.93. The molecule has 0 saturated carbocycles. The third-order valence-corrected chi connectivity index (χ3v) is 5.56. The number of nitrogens with one attached hydrogen (secondary N) is 1. The van der Waals surface area contributed by atoms with Crippen molar-refractivity contribution in [1.29, 1.82) is 0 Å². The molecule has 2 atom stereocenters. The van der Waals surface area contributed by atoms with Crippen molar-refractivity contribution in [3.63, 3.8) is 0 Å². The van der Waals surface area contributed by atoms with Crippen molar-refractivity contribution in [2.75, 3.05) is 11.5 Å². The van der Waals surface area contributed by atoms with Gasteiger partial charge in [-0.25, -0.2) is 12.8 Å². The van der Waals surface area contributed by atoms with Gasteiger partial charge >= 0.3 is 5.97 Å². The lowest BCUT2D eigenvalue weighted by atomic mass is 10.1. The fourth-order valence-corrected chi connectivity index (χ4v) is 4.11. The first-order valence-electron chi connectivity index (χ1n) is 7.70. The largest absolute Gasteiger partial charge is 0.453 e. The van der Waals surface area contributed by atoms with Crippen LogP contribution in [0.15, 0.2) is 24.3 Å². The second kappa shape index (κ2) is 7.74.